The first kappa shape index (κ1) is 82.8. The average Bonchev–Trinajstić information content (AvgIpc) is 3.55. The Bertz CT molecular complexity index is 1380. The van der Waals surface area contributed by atoms with E-state index in [1.54, 1.807) is 0 Å². The van der Waals surface area contributed by atoms with Gasteiger partial charge in [-0.25, -0.2) is 4.57 Å². The minimum Gasteiger partial charge on any atom is -0.462 e. The molecule has 0 fully saturated rings. The number of phosphoric acid groups is 1. The minimum absolute atomic E-state index is 0.0580. The van der Waals surface area contributed by atoms with Crippen molar-refractivity contribution < 1.29 is 37.6 Å². The largest absolute Gasteiger partial charge is 0.472 e. The van der Waals surface area contributed by atoms with Crippen molar-refractivity contribution in [2.75, 3.05) is 26.4 Å². The highest BCUT2D eigenvalue weighted by molar-refractivity contribution is 7.47. The predicted octanol–water partition coefficient (Wildman–Crippen LogP) is 24.7. The lowest BCUT2D eigenvalue weighted by atomic mass is 10.0. The standard InChI is InChI=1S/C74H146NO8P/c1-3-5-7-9-11-13-15-17-19-21-23-25-27-29-31-33-35-36-37-39-41-43-45-47-49-51-53-55-57-59-61-63-65-67-74(77)83-72(71-82-84(78,79)81-69-68-75)70-80-73(76)66-64-62-60-58-56-54-52-50-48-46-44-42-40-38-34-32-30-28-26-24-22-20-18-16-14-12-10-8-6-4-2/h21,23,72H,3-20,22,24-71,75H2,1-2H3,(H,78,79)/b23-21-. The van der Waals surface area contributed by atoms with E-state index in [2.05, 4.69) is 26.0 Å². The van der Waals surface area contributed by atoms with Gasteiger partial charge in [0.1, 0.15) is 6.61 Å². The Morgan fingerprint density at radius 3 is 0.845 bits per heavy atom. The fraction of sp³-hybridized carbons (Fsp3) is 0.946. The van der Waals surface area contributed by atoms with E-state index in [-0.39, 0.29) is 38.6 Å². The highest BCUT2D eigenvalue weighted by atomic mass is 31.2. The van der Waals surface area contributed by atoms with E-state index in [4.69, 9.17) is 24.3 Å². The van der Waals surface area contributed by atoms with Gasteiger partial charge in [-0.1, -0.05) is 379 Å². The third-order valence-electron chi connectivity index (χ3n) is 17.4. The normalized spacial score (nSPS) is 12.9. The molecule has 0 saturated heterocycles. The Morgan fingerprint density at radius 1 is 0.345 bits per heavy atom. The van der Waals surface area contributed by atoms with E-state index >= 15 is 0 Å². The lowest BCUT2D eigenvalue weighted by molar-refractivity contribution is -0.161. The number of esters is 2. The highest BCUT2D eigenvalue weighted by Gasteiger charge is 2.26. The topological polar surface area (TPSA) is 134 Å². The number of hydrogen-bond acceptors (Lipinski definition) is 8. The van der Waals surface area contributed by atoms with Crippen LogP contribution in [0.1, 0.15) is 418 Å². The van der Waals surface area contributed by atoms with E-state index in [0.29, 0.717) is 6.42 Å². The molecule has 0 saturated carbocycles. The second-order valence-corrected chi connectivity index (χ2v) is 27.3. The van der Waals surface area contributed by atoms with Crippen molar-refractivity contribution in [3.8, 4) is 0 Å². The number of carbonyl (C=O) groups excluding carboxylic acids is 2. The molecule has 0 spiro atoms. The van der Waals surface area contributed by atoms with Crippen molar-refractivity contribution in [3.63, 3.8) is 0 Å². The van der Waals surface area contributed by atoms with Gasteiger partial charge in [0, 0.05) is 19.4 Å². The van der Waals surface area contributed by atoms with Crippen LogP contribution in [-0.2, 0) is 32.7 Å². The summed E-state index contributed by atoms with van der Waals surface area (Å²) in [6.07, 6.45) is 86.3. The van der Waals surface area contributed by atoms with E-state index < -0.39 is 26.5 Å². The quantitative estimate of drug-likeness (QED) is 0.0264. The number of unbranched alkanes of at least 4 members (excludes halogenated alkanes) is 58. The summed E-state index contributed by atoms with van der Waals surface area (Å²) in [6.45, 7) is 3.84. The molecule has 0 aromatic heterocycles. The molecule has 2 unspecified atom stereocenters. The van der Waals surface area contributed by atoms with Crippen molar-refractivity contribution in [3.05, 3.63) is 12.2 Å². The van der Waals surface area contributed by atoms with Crippen LogP contribution in [0.5, 0.6) is 0 Å². The predicted molar refractivity (Wildman–Crippen MR) is 363 cm³/mol. The van der Waals surface area contributed by atoms with Crippen molar-refractivity contribution in [2.24, 2.45) is 5.73 Å². The second kappa shape index (κ2) is 70.8. The zero-order valence-corrected chi connectivity index (χ0v) is 57.3. The van der Waals surface area contributed by atoms with Crippen LogP contribution in [0.4, 0.5) is 0 Å². The number of carbonyl (C=O) groups is 2. The van der Waals surface area contributed by atoms with E-state index in [0.717, 1.165) is 32.1 Å². The first-order valence-electron chi connectivity index (χ1n) is 37.7. The van der Waals surface area contributed by atoms with Gasteiger partial charge in [0.2, 0.25) is 0 Å². The maximum atomic E-state index is 12.8. The van der Waals surface area contributed by atoms with Gasteiger partial charge < -0.3 is 20.1 Å². The maximum absolute atomic E-state index is 12.8. The molecule has 0 radical (unpaired) electrons. The number of rotatable bonds is 73. The first-order valence-corrected chi connectivity index (χ1v) is 39.2. The summed E-state index contributed by atoms with van der Waals surface area (Å²) < 4.78 is 33.2. The lowest BCUT2D eigenvalue weighted by Gasteiger charge is -2.19. The Kier molecular flexibility index (Phi) is 69.8. The van der Waals surface area contributed by atoms with Gasteiger partial charge in [-0.2, -0.15) is 0 Å². The number of allylic oxidation sites excluding steroid dienone is 2. The minimum atomic E-state index is -4.39. The molecule has 0 rings (SSSR count). The molecule has 0 aliphatic heterocycles. The molecule has 0 aromatic carbocycles. The molecular weight excluding hydrogens is 1060 g/mol. The van der Waals surface area contributed by atoms with Crippen LogP contribution in [0.3, 0.4) is 0 Å². The zero-order valence-electron chi connectivity index (χ0n) is 56.4. The van der Waals surface area contributed by atoms with Gasteiger partial charge in [-0.3, -0.25) is 18.6 Å². The second-order valence-electron chi connectivity index (χ2n) is 25.9. The van der Waals surface area contributed by atoms with Gasteiger partial charge in [0.25, 0.3) is 0 Å². The Balaban J connectivity index is 3.77. The molecule has 0 aliphatic carbocycles. The van der Waals surface area contributed by atoms with Crippen LogP contribution < -0.4 is 5.73 Å². The molecule has 500 valence electrons. The van der Waals surface area contributed by atoms with Gasteiger partial charge in [-0.05, 0) is 38.5 Å². The molecule has 0 bridgehead atoms. The van der Waals surface area contributed by atoms with Gasteiger partial charge >= 0.3 is 19.8 Å². The lowest BCUT2D eigenvalue weighted by Crippen LogP contribution is -2.29. The van der Waals surface area contributed by atoms with Gasteiger partial charge in [-0.15, -0.1) is 0 Å². The molecular formula is C74H146NO8P. The maximum Gasteiger partial charge on any atom is 0.472 e. The molecule has 2 atom stereocenters. The molecule has 0 heterocycles. The molecule has 0 amide bonds. The monoisotopic (exact) mass is 1210 g/mol. The van der Waals surface area contributed by atoms with Crippen LogP contribution in [0.2, 0.25) is 0 Å². The van der Waals surface area contributed by atoms with E-state index in [1.165, 1.54) is 353 Å². The van der Waals surface area contributed by atoms with Crippen molar-refractivity contribution in [1.29, 1.82) is 0 Å². The molecule has 0 aromatic rings. The van der Waals surface area contributed by atoms with Crippen molar-refractivity contribution in [1.82, 2.24) is 0 Å². The number of ether oxygens (including phenoxy) is 2. The zero-order chi connectivity index (χ0) is 60.9. The Morgan fingerprint density at radius 2 is 0.583 bits per heavy atom. The summed E-state index contributed by atoms with van der Waals surface area (Å²) in [6, 6.07) is 0. The summed E-state index contributed by atoms with van der Waals surface area (Å²) in [5.41, 5.74) is 5.41. The van der Waals surface area contributed by atoms with Crippen LogP contribution in [0, 0.1) is 0 Å². The molecule has 9 nitrogen and oxygen atoms in total. The first-order chi connectivity index (χ1) is 41.3. The fourth-order valence-corrected chi connectivity index (χ4v) is 12.6. The molecule has 3 N–H and O–H groups in total. The fourth-order valence-electron chi connectivity index (χ4n) is 11.8. The molecule has 0 aliphatic rings. The van der Waals surface area contributed by atoms with E-state index in [9.17, 15) is 19.0 Å². The SMILES string of the molecule is CCCCCCCCCC/C=C\CCCCCCCCCCCCCCCCCCCCCCCC(=O)OC(COC(=O)CCCCCCCCCCCCCCCCCCCCCCCCCCCCCCCC)COP(=O)(O)OCCN. The summed E-state index contributed by atoms with van der Waals surface area (Å²) in [4.78, 5) is 35.4. The smallest absolute Gasteiger partial charge is 0.462 e. The average molecular weight is 1210 g/mol. The highest BCUT2D eigenvalue weighted by Crippen LogP contribution is 2.43. The third kappa shape index (κ3) is 69.8. The Hall–Kier alpha value is -1.25. The number of nitrogens with two attached hydrogens (primary N) is 1. The number of hydrogen-bond donors (Lipinski definition) is 2. The summed E-state index contributed by atoms with van der Waals surface area (Å²) in [5, 5.41) is 0. The summed E-state index contributed by atoms with van der Waals surface area (Å²) in [5.74, 6) is -0.798. The van der Waals surface area contributed by atoms with Crippen molar-refractivity contribution >= 4 is 19.8 Å². The van der Waals surface area contributed by atoms with Gasteiger partial charge in [0.15, 0.2) is 6.10 Å². The molecule has 84 heavy (non-hydrogen) atoms. The molecule has 10 heteroatoms. The summed E-state index contributed by atoms with van der Waals surface area (Å²) >= 11 is 0. The van der Waals surface area contributed by atoms with Crippen LogP contribution >= 0.6 is 7.82 Å². The van der Waals surface area contributed by atoms with Crippen molar-refractivity contribution in [2.45, 2.75) is 424 Å². The number of phosphoric ester groups is 1. The van der Waals surface area contributed by atoms with Crippen LogP contribution in [0.25, 0.3) is 0 Å². The van der Waals surface area contributed by atoms with E-state index in [1.807, 2.05) is 0 Å². The Labute approximate surface area is 523 Å². The van der Waals surface area contributed by atoms with Crippen LogP contribution in [-0.4, -0.2) is 49.3 Å². The third-order valence-corrected chi connectivity index (χ3v) is 18.4. The summed E-state index contributed by atoms with van der Waals surface area (Å²) in [7, 11) is -4.39. The van der Waals surface area contributed by atoms with Gasteiger partial charge in [0.05, 0.1) is 13.2 Å². The van der Waals surface area contributed by atoms with Crippen LogP contribution in [0.15, 0.2) is 12.2 Å².